The topological polar surface area (TPSA) is 40.9 Å². The van der Waals surface area contributed by atoms with Gasteiger partial charge in [0.2, 0.25) is 0 Å². The monoisotopic (exact) mass is 348 g/mol. The Morgan fingerprint density at radius 1 is 0.962 bits per heavy atom. The van der Waals surface area contributed by atoms with E-state index in [-0.39, 0.29) is 5.91 Å². The Kier molecular flexibility index (Phi) is 4.15. The summed E-state index contributed by atoms with van der Waals surface area (Å²) in [7, 11) is 0. The minimum Gasteiger partial charge on any atom is -0.368 e. The lowest BCUT2D eigenvalue weighted by Crippen LogP contribution is -2.49. The fourth-order valence-electron chi connectivity index (χ4n) is 3.64. The van der Waals surface area contributed by atoms with Crippen LogP contribution in [-0.2, 0) is 0 Å². The highest BCUT2D eigenvalue weighted by Gasteiger charge is 2.24. The molecule has 3 aromatic rings. The normalized spacial score (nSPS) is 14.9. The van der Waals surface area contributed by atoms with Crippen LogP contribution in [-0.4, -0.2) is 46.4 Å². The molecule has 1 saturated heterocycles. The SMILES string of the molecule is Cc1cccc(N2CCN(C(=O)c3cn4c(C)cccc4n3)CC2)c1C. The highest BCUT2D eigenvalue weighted by molar-refractivity contribution is 5.93. The number of anilines is 1. The zero-order chi connectivity index (χ0) is 18.3. The van der Waals surface area contributed by atoms with Crippen LogP contribution in [0.15, 0.2) is 42.6 Å². The molecule has 1 amide bonds. The van der Waals surface area contributed by atoms with Crippen molar-refractivity contribution >= 4 is 17.2 Å². The molecular weight excluding hydrogens is 324 g/mol. The van der Waals surface area contributed by atoms with Crippen molar-refractivity contribution in [2.45, 2.75) is 20.8 Å². The van der Waals surface area contributed by atoms with E-state index in [1.54, 1.807) is 0 Å². The maximum atomic E-state index is 12.9. The van der Waals surface area contributed by atoms with E-state index in [4.69, 9.17) is 0 Å². The van der Waals surface area contributed by atoms with Gasteiger partial charge in [0.1, 0.15) is 11.3 Å². The molecule has 0 saturated carbocycles. The van der Waals surface area contributed by atoms with Gasteiger partial charge in [-0.3, -0.25) is 4.79 Å². The van der Waals surface area contributed by atoms with Gasteiger partial charge in [-0.1, -0.05) is 18.2 Å². The third kappa shape index (κ3) is 2.83. The van der Waals surface area contributed by atoms with Crippen molar-refractivity contribution in [3.05, 3.63) is 65.1 Å². The van der Waals surface area contributed by atoms with Gasteiger partial charge in [0.25, 0.3) is 5.91 Å². The molecule has 4 rings (SSSR count). The number of hydrogen-bond acceptors (Lipinski definition) is 3. The summed E-state index contributed by atoms with van der Waals surface area (Å²) in [6.07, 6.45) is 1.85. The molecule has 5 nitrogen and oxygen atoms in total. The molecule has 3 heterocycles. The number of nitrogens with zero attached hydrogens (tertiary/aromatic N) is 4. The predicted octanol–water partition coefficient (Wildman–Crippen LogP) is 3.22. The number of hydrogen-bond donors (Lipinski definition) is 0. The van der Waals surface area contributed by atoms with Gasteiger partial charge in [-0.25, -0.2) is 4.98 Å². The molecule has 1 aromatic carbocycles. The zero-order valence-electron chi connectivity index (χ0n) is 15.6. The number of rotatable bonds is 2. The van der Waals surface area contributed by atoms with E-state index >= 15 is 0 Å². The minimum absolute atomic E-state index is 0.0220. The third-order valence-corrected chi connectivity index (χ3v) is 5.40. The summed E-state index contributed by atoms with van der Waals surface area (Å²) in [6.45, 7) is 9.47. The lowest BCUT2D eigenvalue weighted by atomic mass is 10.1. The van der Waals surface area contributed by atoms with E-state index in [1.165, 1.54) is 16.8 Å². The van der Waals surface area contributed by atoms with E-state index in [9.17, 15) is 4.79 Å². The second-order valence-electron chi connectivity index (χ2n) is 7.02. The second kappa shape index (κ2) is 6.48. The summed E-state index contributed by atoms with van der Waals surface area (Å²) in [5, 5.41) is 0. The van der Waals surface area contributed by atoms with Crippen molar-refractivity contribution in [2.75, 3.05) is 31.1 Å². The van der Waals surface area contributed by atoms with E-state index in [1.807, 2.05) is 40.6 Å². The number of carbonyl (C=O) groups is 1. The molecule has 0 spiro atoms. The van der Waals surface area contributed by atoms with Crippen LogP contribution >= 0.6 is 0 Å². The van der Waals surface area contributed by atoms with Crippen molar-refractivity contribution < 1.29 is 4.79 Å². The number of imidazole rings is 1. The quantitative estimate of drug-likeness (QED) is 0.714. The molecular formula is C21H24N4O. The molecule has 134 valence electrons. The van der Waals surface area contributed by atoms with Crippen LogP contribution in [0.25, 0.3) is 5.65 Å². The first-order valence-corrected chi connectivity index (χ1v) is 9.10. The average Bonchev–Trinajstić information content (AvgIpc) is 3.09. The number of piperazine rings is 1. The summed E-state index contributed by atoms with van der Waals surface area (Å²) in [6, 6.07) is 12.3. The predicted molar refractivity (Wildman–Crippen MR) is 104 cm³/mol. The van der Waals surface area contributed by atoms with Crippen LogP contribution in [0.4, 0.5) is 5.69 Å². The van der Waals surface area contributed by atoms with Gasteiger partial charge in [0, 0.05) is 43.8 Å². The van der Waals surface area contributed by atoms with Crippen molar-refractivity contribution in [3.8, 4) is 0 Å². The number of aromatic nitrogens is 2. The highest BCUT2D eigenvalue weighted by Crippen LogP contribution is 2.24. The Morgan fingerprint density at radius 3 is 2.42 bits per heavy atom. The molecule has 26 heavy (non-hydrogen) atoms. The molecule has 0 atom stereocenters. The van der Waals surface area contributed by atoms with Gasteiger partial charge in [-0.05, 0) is 50.1 Å². The first-order valence-electron chi connectivity index (χ1n) is 9.10. The van der Waals surface area contributed by atoms with Gasteiger partial charge in [0.05, 0.1) is 0 Å². The fraction of sp³-hybridized carbons (Fsp3) is 0.333. The number of carbonyl (C=O) groups excluding carboxylic acids is 1. The van der Waals surface area contributed by atoms with Crippen molar-refractivity contribution in [1.82, 2.24) is 14.3 Å². The maximum Gasteiger partial charge on any atom is 0.274 e. The van der Waals surface area contributed by atoms with Crippen molar-refractivity contribution in [3.63, 3.8) is 0 Å². The zero-order valence-corrected chi connectivity index (χ0v) is 15.6. The summed E-state index contributed by atoms with van der Waals surface area (Å²) in [4.78, 5) is 21.7. The third-order valence-electron chi connectivity index (χ3n) is 5.40. The van der Waals surface area contributed by atoms with Gasteiger partial charge >= 0.3 is 0 Å². The van der Waals surface area contributed by atoms with Crippen LogP contribution in [0.2, 0.25) is 0 Å². The smallest absolute Gasteiger partial charge is 0.274 e. The van der Waals surface area contributed by atoms with Crippen LogP contribution in [0.3, 0.4) is 0 Å². The van der Waals surface area contributed by atoms with Gasteiger partial charge in [-0.15, -0.1) is 0 Å². The minimum atomic E-state index is 0.0220. The average molecular weight is 348 g/mol. The number of aryl methyl sites for hydroxylation is 2. The van der Waals surface area contributed by atoms with Crippen LogP contribution < -0.4 is 4.90 Å². The number of fused-ring (bicyclic) bond motifs is 1. The Bertz CT molecular complexity index is 967. The lowest BCUT2D eigenvalue weighted by molar-refractivity contribution is 0.0741. The Labute approximate surface area is 153 Å². The Balaban J connectivity index is 1.49. The first kappa shape index (κ1) is 16.6. The second-order valence-corrected chi connectivity index (χ2v) is 7.02. The molecule has 5 heteroatoms. The fourth-order valence-corrected chi connectivity index (χ4v) is 3.64. The lowest BCUT2D eigenvalue weighted by Gasteiger charge is -2.36. The summed E-state index contributed by atoms with van der Waals surface area (Å²) < 4.78 is 1.97. The van der Waals surface area contributed by atoms with Crippen molar-refractivity contribution in [2.24, 2.45) is 0 Å². The molecule has 0 unspecified atom stereocenters. The van der Waals surface area contributed by atoms with Gasteiger partial charge in [-0.2, -0.15) is 0 Å². The molecule has 0 N–H and O–H groups in total. The molecule has 1 aliphatic rings. The van der Waals surface area contributed by atoms with Crippen LogP contribution in [0.5, 0.6) is 0 Å². The summed E-state index contributed by atoms with van der Waals surface area (Å²) in [5.74, 6) is 0.0220. The van der Waals surface area contributed by atoms with E-state index in [2.05, 4.69) is 41.9 Å². The highest BCUT2D eigenvalue weighted by atomic mass is 16.2. The summed E-state index contributed by atoms with van der Waals surface area (Å²) in [5.41, 5.74) is 6.33. The first-order chi connectivity index (χ1) is 12.5. The molecule has 2 aromatic heterocycles. The number of pyridine rings is 1. The van der Waals surface area contributed by atoms with Crippen LogP contribution in [0.1, 0.15) is 27.3 Å². The molecule has 0 radical (unpaired) electrons. The van der Waals surface area contributed by atoms with Gasteiger partial charge < -0.3 is 14.2 Å². The number of benzene rings is 1. The molecule has 0 aliphatic carbocycles. The largest absolute Gasteiger partial charge is 0.368 e. The Hall–Kier alpha value is -2.82. The standard InChI is InChI=1S/C21H24N4O/c1-15-6-4-8-19(17(15)3)23-10-12-24(13-11-23)21(26)18-14-25-16(2)7-5-9-20(25)22-18/h4-9,14H,10-13H2,1-3H3. The Morgan fingerprint density at radius 2 is 1.69 bits per heavy atom. The number of amides is 1. The molecule has 1 fully saturated rings. The maximum absolute atomic E-state index is 12.9. The van der Waals surface area contributed by atoms with Gasteiger partial charge in [0.15, 0.2) is 0 Å². The van der Waals surface area contributed by atoms with E-state index in [0.29, 0.717) is 5.69 Å². The molecule has 1 aliphatic heterocycles. The summed E-state index contributed by atoms with van der Waals surface area (Å²) >= 11 is 0. The van der Waals surface area contributed by atoms with E-state index < -0.39 is 0 Å². The molecule has 0 bridgehead atoms. The van der Waals surface area contributed by atoms with E-state index in [0.717, 1.165) is 37.5 Å². The van der Waals surface area contributed by atoms with Crippen molar-refractivity contribution in [1.29, 1.82) is 0 Å². The van der Waals surface area contributed by atoms with Crippen LogP contribution in [0, 0.1) is 20.8 Å².